The average molecular weight is 404 g/mol. The lowest BCUT2D eigenvalue weighted by Gasteiger charge is -2.24. The van der Waals surface area contributed by atoms with Gasteiger partial charge in [0.05, 0.1) is 6.54 Å². The summed E-state index contributed by atoms with van der Waals surface area (Å²) in [7, 11) is 2.07. The monoisotopic (exact) mass is 403 g/mol. The fraction of sp³-hybridized carbons (Fsp3) is 0.320. The number of aryl methyl sites for hydroxylation is 4. The molecule has 0 aliphatic rings. The Hall–Kier alpha value is -2.59. The molecule has 2 heterocycles. The minimum Gasteiger partial charge on any atom is -0.351 e. The lowest BCUT2D eigenvalue weighted by atomic mass is 9.92. The van der Waals surface area contributed by atoms with Gasteiger partial charge in [-0.3, -0.25) is 4.68 Å². The summed E-state index contributed by atoms with van der Waals surface area (Å²) in [5, 5.41) is 8.39. The second-order valence-corrected chi connectivity index (χ2v) is 8.96. The Balaban J connectivity index is 1.88. The molecule has 0 amide bonds. The van der Waals surface area contributed by atoms with Gasteiger partial charge in [-0.2, -0.15) is 5.10 Å². The number of rotatable bonds is 6. The number of hydrogen-bond donors (Lipinski definition) is 0. The first-order valence-electron chi connectivity index (χ1n) is 10.3. The zero-order valence-electron chi connectivity index (χ0n) is 18.0. The van der Waals surface area contributed by atoms with Crippen molar-refractivity contribution in [3.05, 3.63) is 69.4 Å². The molecule has 29 heavy (non-hydrogen) atoms. The second kappa shape index (κ2) is 8.03. The van der Waals surface area contributed by atoms with E-state index < -0.39 is 0 Å². The Morgan fingerprint density at radius 3 is 2.45 bits per heavy atom. The van der Waals surface area contributed by atoms with E-state index >= 15 is 0 Å². The van der Waals surface area contributed by atoms with Gasteiger partial charge < -0.3 is 4.90 Å². The van der Waals surface area contributed by atoms with Gasteiger partial charge in [0, 0.05) is 29.4 Å². The van der Waals surface area contributed by atoms with Crippen LogP contribution in [0.5, 0.6) is 0 Å². The van der Waals surface area contributed by atoms with E-state index in [0.717, 1.165) is 25.0 Å². The number of anilines is 1. The van der Waals surface area contributed by atoms with Crippen LogP contribution in [0.2, 0.25) is 0 Å². The Kier molecular flexibility index (Phi) is 5.46. The number of thiophene rings is 1. The van der Waals surface area contributed by atoms with Gasteiger partial charge in [-0.15, -0.1) is 11.3 Å². The van der Waals surface area contributed by atoms with Gasteiger partial charge in [-0.25, -0.2) is 0 Å². The molecule has 3 nitrogen and oxygen atoms in total. The third-order valence-electron chi connectivity index (χ3n) is 5.50. The third-order valence-corrected chi connectivity index (χ3v) is 6.36. The van der Waals surface area contributed by atoms with Crippen LogP contribution in [-0.2, 0) is 13.6 Å². The highest BCUT2D eigenvalue weighted by molar-refractivity contribution is 7.09. The fourth-order valence-corrected chi connectivity index (χ4v) is 5.22. The highest BCUT2D eigenvalue weighted by Gasteiger charge is 2.20. The van der Waals surface area contributed by atoms with E-state index in [4.69, 9.17) is 5.10 Å². The molecule has 2 aromatic carbocycles. The van der Waals surface area contributed by atoms with Gasteiger partial charge in [-0.1, -0.05) is 42.8 Å². The standard InChI is InChI=1S/C25H29N3S/c1-6-12-28(16-20-9-8-13-29-20)25-22-11-7-10-21(24(22)26-27(25)5)23-18(3)14-17(2)15-19(23)4/h7-11,13-15H,6,12,16H2,1-5H3. The molecule has 4 rings (SSSR count). The molecule has 0 aliphatic heterocycles. The van der Waals surface area contributed by atoms with Crippen LogP contribution in [0.4, 0.5) is 5.82 Å². The molecule has 2 aromatic heterocycles. The van der Waals surface area contributed by atoms with Crippen LogP contribution in [0, 0.1) is 20.8 Å². The van der Waals surface area contributed by atoms with E-state index in [1.54, 1.807) is 0 Å². The summed E-state index contributed by atoms with van der Waals surface area (Å²) < 4.78 is 2.07. The van der Waals surface area contributed by atoms with E-state index in [2.05, 4.69) is 92.2 Å². The zero-order chi connectivity index (χ0) is 20.5. The minimum absolute atomic E-state index is 0.924. The average Bonchev–Trinajstić information content (AvgIpc) is 3.28. The summed E-state index contributed by atoms with van der Waals surface area (Å²) in [5.41, 5.74) is 7.56. The van der Waals surface area contributed by atoms with Gasteiger partial charge in [0.1, 0.15) is 11.3 Å². The molecule has 0 atom stereocenters. The predicted octanol–water partition coefficient (Wildman–Crippen LogP) is 6.64. The third kappa shape index (κ3) is 3.69. The largest absolute Gasteiger partial charge is 0.351 e. The van der Waals surface area contributed by atoms with Crippen molar-refractivity contribution in [2.24, 2.45) is 7.05 Å². The highest BCUT2D eigenvalue weighted by Crippen LogP contribution is 2.37. The lowest BCUT2D eigenvalue weighted by molar-refractivity contribution is 0.697. The molecule has 150 valence electrons. The Morgan fingerprint density at radius 2 is 1.79 bits per heavy atom. The van der Waals surface area contributed by atoms with E-state index in [1.807, 2.05) is 11.3 Å². The molecule has 0 saturated heterocycles. The van der Waals surface area contributed by atoms with Crippen molar-refractivity contribution in [2.45, 2.75) is 40.7 Å². The van der Waals surface area contributed by atoms with Gasteiger partial charge >= 0.3 is 0 Å². The first kappa shape index (κ1) is 19.7. The van der Waals surface area contributed by atoms with E-state index in [1.165, 1.54) is 43.9 Å². The summed E-state index contributed by atoms with van der Waals surface area (Å²) in [6, 6.07) is 15.5. The van der Waals surface area contributed by atoms with Crippen molar-refractivity contribution in [1.29, 1.82) is 0 Å². The van der Waals surface area contributed by atoms with Crippen molar-refractivity contribution in [3.8, 4) is 11.1 Å². The molecule has 4 heteroatoms. The summed E-state index contributed by atoms with van der Waals surface area (Å²) in [6.07, 6.45) is 1.11. The summed E-state index contributed by atoms with van der Waals surface area (Å²) in [4.78, 5) is 3.86. The van der Waals surface area contributed by atoms with Crippen LogP contribution in [-0.4, -0.2) is 16.3 Å². The maximum Gasteiger partial charge on any atom is 0.134 e. The number of hydrogen-bond acceptors (Lipinski definition) is 3. The molecule has 4 aromatic rings. The van der Waals surface area contributed by atoms with Crippen LogP contribution in [0.1, 0.15) is 34.9 Å². The summed E-state index contributed by atoms with van der Waals surface area (Å²) in [6.45, 7) is 10.8. The first-order chi connectivity index (χ1) is 14.0. The van der Waals surface area contributed by atoms with Gasteiger partial charge in [-0.05, 0) is 61.4 Å². The second-order valence-electron chi connectivity index (χ2n) is 7.92. The van der Waals surface area contributed by atoms with Crippen LogP contribution in [0.25, 0.3) is 22.0 Å². The molecular formula is C25H29N3S. The van der Waals surface area contributed by atoms with Crippen LogP contribution in [0.15, 0.2) is 47.8 Å². The molecule has 0 fully saturated rings. The minimum atomic E-state index is 0.924. The Morgan fingerprint density at radius 1 is 1.03 bits per heavy atom. The van der Waals surface area contributed by atoms with Gasteiger partial charge in [0.2, 0.25) is 0 Å². The van der Waals surface area contributed by atoms with Crippen LogP contribution in [0.3, 0.4) is 0 Å². The lowest BCUT2D eigenvalue weighted by Crippen LogP contribution is -2.25. The highest BCUT2D eigenvalue weighted by atomic mass is 32.1. The van der Waals surface area contributed by atoms with Gasteiger partial charge in [0.25, 0.3) is 0 Å². The van der Waals surface area contributed by atoms with Crippen LogP contribution >= 0.6 is 11.3 Å². The van der Waals surface area contributed by atoms with Crippen molar-refractivity contribution in [3.63, 3.8) is 0 Å². The SMILES string of the molecule is CCCN(Cc1cccs1)c1c2cccc(-c3c(C)cc(C)cc3C)c2nn1C. The van der Waals surface area contributed by atoms with E-state index in [-0.39, 0.29) is 0 Å². The van der Waals surface area contributed by atoms with Gasteiger partial charge in [0.15, 0.2) is 0 Å². The topological polar surface area (TPSA) is 21.1 Å². The Bertz CT molecular complexity index is 1120. The fourth-order valence-electron chi connectivity index (χ4n) is 4.51. The van der Waals surface area contributed by atoms with E-state index in [0.29, 0.717) is 0 Å². The molecule has 0 N–H and O–H groups in total. The molecular weight excluding hydrogens is 374 g/mol. The molecule has 0 unspecified atom stereocenters. The molecule has 0 saturated carbocycles. The number of nitrogens with zero attached hydrogens (tertiary/aromatic N) is 3. The summed E-state index contributed by atoms with van der Waals surface area (Å²) in [5.74, 6) is 1.21. The van der Waals surface area contributed by atoms with Crippen molar-refractivity contribution >= 4 is 28.1 Å². The van der Waals surface area contributed by atoms with Crippen molar-refractivity contribution in [1.82, 2.24) is 9.78 Å². The summed E-state index contributed by atoms with van der Waals surface area (Å²) >= 11 is 1.82. The molecule has 0 radical (unpaired) electrons. The smallest absolute Gasteiger partial charge is 0.134 e. The number of aromatic nitrogens is 2. The normalized spacial score (nSPS) is 11.3. The molecule has 0 bridgehead atoms. The molecule has 0 aliphatic carbocycles. The van der Waals surface area contributed by atoms with Crippen molar-refractivity contribution in [2.75, 3.05) is 11.4 Å². The predicted molar refractivity (Wildman–Crippen MR) is 126 cm³/mol. The maximum absolute atomic E-state index is 5.00. The molecule has 0 spiro atoms. The van der Waals surface area contributed by atoms with Crippen molar-refractivity contribution < 1.29 is 0 Å². The van der Waals surface area contributed by atoms with E-state index in [9.17, 15) is 0 Å². The first-order valence-corrected chi connectivity index (χ1v) is 11.2. The number of benzene rings is 2. The quantitative estimate of drug-likeness (QED) is 0.360. The Labute approximate surface area is 177 Å². The number of fused-ring (bicyclic) bond motifs is 1. The van der Waals surface area contributed by atoms with Crippen LogP contribution < -0.4 is 4.90 Å². The maximum atomic E-state index is 5.00. The zero-order valence-corrected chi connectivity index (χ0v) is 18.8.